The van der Waals surface area contributed by atoms with Crippen LogP contribution >= 0.6 is 0 Å². The summed E-state index contributed by atoms with van der Waals surface area (Å²) in [5.74, 6) is -0.671. The predicted molar refractivity (Wildman–Crippen MR) is 181 cm³/mol. The topological polar surface area (TPSA) is 85.4 Å². The lowest BCUT2D eigenvalue weighted by atomic mass is 10.1. The summed E-state index contributed by atoms with van der Waals surface area (Å²) in [6.07, 6.45) is 40.3. The van der Waals surface area contributed by atoms with Gasteiger partial charge in [0, 0.05) is 12.8 Å². The van der Waals surface area contributed by atoms with E-state index >= 15 is 0 Å². The third-order valence-corrected chi connectivity index (χ3v) is 7.43. The van der Waals surface area contributed by atoms with Crippen LogP contribution in [0.25, 0.3) is 0 Å². The molecule has 0 spiro atoms. The molecule has 6 heteroatoms. The second kappa shape index (κ2) is 29.3. The molecule has 0 aromatic heterocycles. The highest BCUT2D eigenvalue weighted by atomic mass is 16.6. The van der Waals surface area contributed by atoms with Crippen LogP contribution in [0, 0.1) is 0 Å². The molecule has 1 fully saturated rings. The average molecular weight is 615 g/mol. The molecule has 1 heterocycles. The minimum absolute atomic E-state index is 0.143. The molecule has 0 aliphatic carbocycles. The summed E-state index contributed by atoms with van der Waals surface area (Å²) in [7, 11) is 0. The molecule has 1 aliphatic rings. The molecule has 44 heavy (non-hydrogen) atoms. The van der Waals surface area contributed by atoms with Gasteiger partial charge in [-0.15, -0.1) is 0 Å². The van der Waals surface area contributed by atoms with Crippen LogP contribution in [0.5, 0.6) is 0 Å². The normalized spacial score (nSPS) is 17.5. The molecular weight excluding hydrogens is 552 g/mol. The molecule has 250 valence electrons. The fourth-order valence-corrected chi connectivity index (χ4v) is 4.68. The van der Waals surface area contributed by atoms with Gasteiger partial charge in [-0.1, -0.05) is 132 Å². The van der Waals surface area contributed by atoms with Crippen molar-refractivity contribution in [1.82, 2.24) is 0 Å². The highest BCUT2D eigenvalue weighted by Gasteiger charge is 2.35. The summed E-state index contributed by atoms with van der Waals surface area (Å²) in [4.78, 5) is 23.8. The fourth-order valence-electron chi connectivity index (χ4n) is 4.68. The van der Waals surface area contributed by atoms with E-state index in [1.165, 1.54) is 44.9 Å². The lowest BCUT2D eigenvalue weighted by molar-refractivity contribution is -0.152. The minimum Gasteiger partial charge on any atom is -0.463 e. The lowest BCUT2D eigenvalue weighted by Crippen LogP contribution is -2.25. The van der Waals surface area contributed by atoms with E-state index in [1.807, 2.05) is 12.2 Å². The number of carbonyl (C=O) groups is 2. The van der Waals surface area contributed by atoms with Crippen LogP contribution in [0.1, 0.15) is 136 Å². The van der Waals surface area contributed by atoms with E-state index in [-0.39, 0.29) is 31.6 Å². The van der Waals surface area contributed by atoms with Crippen LogP contribution < -0.4 is 0 Å². The van der Waals surface area contributed by atoms with Crippen molar-refractivity contribution in [2.24, 2.45) is 0 Å². The molecule has 1 rings (SSSR count). The Balaban J connectivity index is 1.91. The molecule has 0 radical (unpaired) electrons. The first-order valence-electron chi connectivity index (χ1n) is 17.5. The number of unbranched alkanes of at least 4 members (excludes halogenated alkanes) is 9. The van der Waals surface area contributed by atoms with Crippen LogP contribution in [-0.4, -0.2) is 48.6 Å². The van der Waals surface area contributed by atoms with Crippen molar-refractivity contribution in [2.75, 3.05) is 13.2 Å². The smallest absolute Gasteiger partial charge is 0.306 e. The number of aliphatic hydroxyl groups excluding tert-OH is 1. The van der Waals surface area contributed by atoms with Crippen molar-refractivity contribution in [3.63, 3.8) is 0 Å². The van der Waals surface area contributed by atoms with E-state index in [2.05, 4.69) is 62.5 Å². The minimum atomic E-state index is -0.996. The van der Waals surface area contributed by atoms with Crippen molar-refractivity contribution in [3.05, 3.63) is 60.8 Å². The highest BCUT2D eigenvalue weighted by Crippen LogP contribution is 2.29. The van der Waals surface area contributed by atoms with Crippen molar-refractivity contribution < 1.29 is 28.9 Å². The van der Waals surface area contributed by atoms with Crippen LogP contribution in [0.2, 0.25) is 0 Å². The number of esters is 2. The number of hydrogen-bond acceptors (Lipinski definition) is 6. The van der Waals surface area contributed by atoms with Gasteiger partial charge in [-0.05, 0) is 51.4 Å². The number of aliphatic hydroxyl groups is 1. The van der Waals surface area contributed by atoms with Gasteiger partial charge >= 0.3 is 11.9 Å². The van der Waals surface area contributed by atoms with Crippen LogP contribution in [-0.2, 0) is 23.8 Å². The zero-order valence-corrected chi connectivity index (χ0v) is 27.8. The number of allylic oxidation sites excluding steroid dienone is 8. The maximum absolute atomic E-state index is 11.9. The Morgan fingerprint density at radius 3 is 1.61 bits per heavy atom. The van der Waals surface area contributed by atoms with Crippen molar-refractivity contribution in [2.45, 2.75) is 154 Å². The maximum atomic E-state index is 11.9. The quantitative estimate of drug-likeness (QED) is 0.0391. The van der Waals surface area contributed by atoms with E-state index in [4.69, 9.17) is 14.2 Å². The maximum Gasteiger partial charge on any atom is 0.306 e. The van der Waals surface area contributed by atoms with E-state index in [9.17, 15) is 14.7 Å². The van der Waals surface area contributed by atoms with Gasteiger partial charge in [0.15, 0.2) is 0 Å². The predicted octanol–water partition coefficient (Wildman–Crippen LogP) is 9.43. The van der Waals surface area contributed by atoms with Gasteiger partial charge < -0.3 is 19.3 Å². The molecule has 1 aliphatic heterocycles. The largest absolute Gasteiger partial charge is 0.463 e. The van der Waals surface area contributed by atoms with Gasteiger partial charge in [-0.3, -0.25) is 9.59 Å². The molecule has 0 saturated carbocycles. The number of ether oxygens (including phenoxy) is 3. The summed E-state index contributed by atoms with van der Waals surface area (Å²) >= 11 is 0. The Bertz CT molecular complexity index is 855. The molecule has 6 nitrogen and oxygen atoms in total. The van der Waals surface area contributed by atoms with E-state index < -0.39 is 6.10 Å². The molecule has 0 aromatic rings. The van der Waals surface area contributed by atoms with Gasteiger partial charge in [-0.25, -0.2) is 0 Å². The van der Waals surface area contributed by atoms with Gasteiger partial charge in [-0.2, -0.15) is 0 Å². The molecule has 1 saturated heterocycles. The molecular formula is C38H62O6. The molecule has 2 unspecified atom stereocenters. The fraction of sp³-hybridized carbons (Fsp3) is 0.684. The van der Waals surface area contributed by atoms with Gasteiger partial charge in [0.2, 0.25) is 0 Å². The zero-order chi connectivity index (χ0) is 31.9. The Morgan fingerprint density at radius 2 is 1.07 bits per heavy atom. The molecule has 0 aromatic carbocycles. The third-order valence-electron chi connectivity index (χ3n) is 7.43. The highest BCUT2D eigenvalue weighted by molar-refractivity contribution is 5.70. The second-order valence-corrected chi connectivity index (χ2v) is 11.6. The molecule has 0 bridgehead atoms. The van der Waals surface area contributed by atoms with Gasteiger partial charge in [0.05, 0.1) is 12.2 Å². The number of rotatable bonds is 29. The first-order chi connectivity index (χ1) is 21.6. The number of carbonyl (C=O) groups excluding carboxylic acids is 2. The first kappa shape index (κ1) is 39.6. The Kier molecular flexibility index (Phi) is 26.3. The van der Waals surface area contributed by atoms with Crippen molar-refractivity contribution in [1.29, 1.82) is 0 Å². The summed E-state index contributed by atoms with van der Waals surface area (Å²) < 4.78 is 15.9. The average Bonchev–Trinajstić information content (AvgIpc) is 3.77. The second-order valence-electron chi connectivity index (χ2n) is 11.6. The van der Waals surface area contributed by atoms with E-state index in [1.54, 1.807) is 0 Å². The number of epoxide rings is 1. The zero-order valence-electron chi connectivity index (χ0n) is 27.8. The van der Waals surface area contributed by atoms with Crippen molar-refractivity contribution in [3.8, 4) is 0 Å². The number of hydrogen-bond donors (Lipinski definition) is 1. The van der Waals surface area contributed by atoms with Crippen LogP contribution in [0.3, 0.4) is 0 Å². The summed E-state index contributed by atoms with van der Waals surface area (Å²) in [5.41, 5.74) is 0. The monoisotopic (exact) mass is 614 g/mol. The molecule has 3 atom stereocenters. The van der Waals surface area contributed by atoms with Gasteiger partial charge in [0.1, 0.15) is 19.3 Å². The van der Waals surface area contributed by atoms with Crippen LogP contribution in [0.15, 0.2) is 60.8 Å². The van der Waals surface area contributed by atoms with Crippen molar-refractivity contribution >= 4 is 11.9 Å². The lowest BCUT2D eigenvalue weighted by Gasteiger charge is -2.12. The summed E-state index contributed by atoms with van der Waals surface area (Å²) in [5, 5.41) is 9.95. The van der Waals surface area contributed by atoms with Crippen LogP contribution in [0.4, 0.5) is 0 Å². The third kappa shape index (κ3) is 26.0. The van der Waals surface area contributed by atoms with Gasteiger partial charge in [0.25, 0.3) is 0 Å². The Labute approximate surface area is 268 Å². The molecule has 1 N–H and O–H groups in total. The SMILES string of the molecule is CC/C=C\CC1OC1C/C=C\C/C=C\C/C=C\C/C=C\CCC(=O)OC[C@H](O)COC(=O)CCCCCCCCCCCC. The Morgan fingerprint density at radius 1 is 0.614 bits per heavy atom. The standard InChI is InChI=1S/C38H62O6/c1-3-5-7-8-9-10-16-19-22-26-30-37(40)42-32-34(39)33-43-38(41)31-27-23-20-17-14-12-11-13-15-18-21-25-29-36-35(44-36)28-24-6-4-2/h6,12-15,20-21,23-25,34-36,39H,3-5,7-11,16-19,22,26-33H2,1-2H3/b14-12-,15-13-,23-20-,24-6-,25-21-/t34-,35?,36?/m1/s1. The molecule has 0 amide bonds. The summed E-state index contributed by atoms with van der Waals surface area (Å²) in [6, 6.07) is 0. The van der Waals surface area contributed by atoms with E-state index in [0.29, 0.717) is 25.0 Å². The summed E-state index contributed by atoms with van der Waals surface area (Å²) in [6.45, 7) is 4.08. The first-order valence-corrected chi connectivity index (χ1v) is 17.5. The Hall–Kier alpha value is -2.44. The van der Waals surface area contributed by atoms with E-state index in [0.717, 1.165) is 57.8 Å².